The van der Waals surface area contributed by atoms with Gasteiger partial charge < -0.3 is 44.2 Å². The molecule has 2 aliphatic rings. The highest BCUT2D eigenvalue weighted by atomic mass is 31.3. The number of phosphoric ester groups is 2. The minimum atomic E-state index is -5.54. The highest BCUT2D eigenvalue weighted by molar-refractivity contribution is 7.60. The normalized spacial score (nSPS) is 32.3. The van der Waals surface area contributed by atoms with E-state index in [1.165, 1.54) is 21.8 Å². The number of nitrogens with zero attached hydrogens (tertiary/aromatic N) is 6. The highest BCUT2D eigenvalue weighted by Crippen LogP contribution is 2.58. The smallest absolute Gasteiger partial charge is 0.478 e. The lowest BCUT2D eigenvalue weighted by molar-refractivity contribution is -0.765. The summed E-state index contributed by atoms with van der Waals surface area (Å²) in [4.78, 5) is 35.0. The Morgan fingerprint density at radius 2 is 1.58 bits per heavy atom. The van der Waals surface area contributed by atoms with Crippen LogP contribution in [-0.4, -0.2) is 99.1 Å². The Morgan fingerprint density at radius 1 is 0.884 bits per heavy atom. The van der Waals surface area contributed by atoms with Crippen LogP contribution in [0.4, 0.5) is 0 Å². The monoisotopic (exact) mass is 644 g/mol. The quantitative estimate of drug-likeness (QED) is 0.0917. The predicted molar refractivity (Wildman–Crippen MR) is 135 cm³/mol. The van der Waals surface area contributed by atoms with Gasteiger partial charge in [-0.15, -0.1) is 0 Å². The number of phosphoric acid groups is 2. The molecule has 4 aromatic heterocycles. The van der Waals surface area contributed by atoms with Gasteiger partial charge in [-0.25, -0.2) is 23.8 Å². The fraction of sp³-hybridized carbons (Fsp3) is 0.455. The largest absolute Gasteiger partial charge is 0.756 e. The Labute approximate surface area is 241 Å². The Bertz CT molecular complexity index is 1690. The van der Waals surface area contributed by atoms with Crippen LogP contribution in [0.1, 0.15) is 12.5 Å². The first-order valence-electron chi connectivity index (χ1n) is 12.7. The van der Waals surface area contributed by atoms with Crippen LogP contribution in [0.15, 0.2) is 55.6 Å². The fourth-order valence-corrected chi connectivity index (χ4v) is 6.88. The van der Waals surface area contributed by atoms with Crippen LogP contribution in [-0.2, 0) is 32.0 Å². The summed E-state index contributed by atoms with van der Waals surface area (Å²) < 4.78 is 53.8. The molecule has 0 amide bonds. The second-order valence-electron chi connectivity index (χ2n) is 9.73. The SMILES string of the molecule is O=P([O-])(OC[C@H]1O[C@@H]([n+]2ccccc2)[C@H](O)[C@@H]1O)OP(=O)(O)OC[C@H]1O[C@@H](n2cnc3c2ncn2ccnc32)[C@H](O)[C@@H]1O. The summed E-state index contributed by atoms with van der Waals surface area (Å²) in [5.41, 5.74) is 1.14. The molecule has 19 nitrogen and oxygen atoms in total. The van der Waals surface area contributed by atoms with Crippen LogP contribution < -0.4 is 9.46 Å². The molecule has 6 heterocycles. The first-order chi connectivity index (χ1) is 20.4. The van der Waals surface area contributed by atoms with Crippen molar-refractivity contribution in [3.8, 4) is 0 Å². The zero-order chi connectivity index (χ0) is 30.5. The summed E-state index contributed by atoms with van der Waals surface area (Å²) in [6.07, 6.45) is -2.09. The van der Waals surface area contributed by atoms with E-state index in [2.05, 4.69) is 23.8 Å². The number of hydrogen-bond donors (Lipinski definition) is 5. The first-order valence-corrected chi connectivity index (χ1v) is 15.7. The van der Waals surface area contributed by atoms with Crippen LogP contribution in [0.5, 0.6) is 0 Å². The van der Waals surface area contributed by atoms with Crippen molar-refractivity contribution in [2.45, 2.75) is 49.1 Å². The van der Waals surface area contributed by atoms with Gasteiger partial charge in [-0.05, 0) is 0 Å². The summed E-state index contributed by atoms with van der Waals surface area (Å²) in [5.74, 6) is 0. The molecule has 2 fully saturated rings. The Hall–Kier alpha value is -2.74. The maximum absolute atomic E-state index is 12.4. The standard InChI is InChI=1S/C22H26N6O13P2/c29-15-12(39-21(17(15)31)26-5-2-1-3-6-26)8-37-42(33,34)41-43(35,36)38-9-13-16(30)18(32)22(40-13)28-11-24-14-19-23-4-7-27(19)10-25-20(14)28/h1-7,10-13,15-18,21-22,29-32H,8-9H2,(H-,33,34,35,36)/t12-,13-,15-,16-,17-,18-,21-,22-/m1/s1. The van der Waals surface area contributed by atoms with E-state index >= 15 is 0 Å². The number of hydrogen-bond acceptors (Lipinski definition) is 15. The summed E-state index contributed by atoms with van der Waals surface area (Å²) >= 11 is 0. The summed E-state index contributed by atoms with van der Waals surface area (Å²) in [7, 11) is -10.9. The van der Waals surface area contributed by atoms with Crippen LogP contribution in [0.25, 0.3) is 16.8 Å². The average Bonchev–Trinajstić information content (AvgIpc) is 3.73. The van der Waals surface area contributed by atoms with Crippen molar-refractivity contribution in [2.75, 3.05) is 13.2 Å². The van der Waals surface area contributed by atoms with Gasteiger partial charge in [0, 0.05) is 24.5 Å². The molecule has 43 heavy (non-hydrogen) atoms. The number of pyridine rings is 1. The van der Waals surface area contributed by atoms with Gasteiger partial charge in [0.15, 0.2) is 41.5 Å². The fourth-order valence-electron chi connectivity index (χ4n) is 4.83. The number of ether oxygens (including phenoxy) is 2. The number of aromatic nitrogens is 6. The van der Waals surface area contributed by atoms with E-state index in [1.807, 2.05) is 0 Å². The van der Waals surface area contributed by atoms with Gasteiger partial charge in [0.05, 0.1) is 19.5 Å². The molecule has 0 radical (unpaired) electrons. The number of aliphatic hydroxyl groups is 4. The van der Waals surface area contributed by atoms with Gasteiger partial charge in [0.2, 0.25) is 0 Å². The molecular weight excluding hydrogens is 618 g/mol. The van der Waals surface area contributed by atoms with Gasteiger partial charge in [-0.2, -0.15) is 4.57 Å². The van der Waals surface area contributed by atoms with Gasteiger partial charge in [0.1, 0.15) is 36.8 Å². The van der Waals surface area contributed by atoms with E-state index in [0.29, 0.717) is 11.2 Å². The average molecular weight is 644 g/mol. The van der Waals surface area contributed by atoms with Crippen molar-refractivity contribution in [1.82, 2.24) is 23.9 Å². The molecule has 0 spiro atoms. The Kier molecular flexibility index (Phi) is 8.20. The van der Waals surface area contributed by atoms with E-state index < -0.39 is 77.9 Å². The molecular formula is C22H26N6O13P2. The lowest BCUT2D eigenvalue weighted by atomic mass is 10.1. The topological polar surface area (TPSA) is 256 Å². The van der Waals surface area contributed by atoms with Crippen molar-refractivity contribution in [3.63, 3.8) is 0 Å². The minimum Gasteiger partial charge on any atom is -0.756 e. The summed E-state index contributed by atoms with van der Waals surface area (Å²) in [5, 5.41) is 41.6. The number of aliphatic hydroxyl groups excluding tert-OH is 4. The van der Waals surface area contributed by atoms with Crippen molar-refractivity contribution < 1.29 is 66.7 Å². The van der Waals surface area contributed by atoms with E-state index in [9.17, 15) is 39.3 Å². The van der Waals surface area contributed by atoms with E-state index in [-0.39, 0.29) is 5.65 Å². The molecule has 0 aromatic carbocycles. The Morgan fingerprint density at radius 3 is 2.35 bits per heavy atom. The van der Waals surface area contributed by atoms with E-state index in [4.69, 9.17) is 14.0 Å². The molecule has 2 saturated heterocycles. The molecule has 6 rings (SSSR count). The van der Waals surface area contributed by atoms with Crippen LogP contribution in [0.3, 0.4) is 0 Å². The van der Waals surface area contributed by atoms with E-state index in [1.54, 1.807) is 47.4 Å². The van der Waals surface area contributed by atoms with Gasteiger partial charge in [-0.3, -0.25) is 18.1 Å². The van der Waals surface area contributed by atoms with Crippen LogP contribution in [0, 0.1) is 0 Å². The Balaban J connectivity index is 1.05. The molecule has 0 bridgehead atoms. The lowest BCUT2D eigenvalue weighted by Crippen LogP contribution is -2.45. The zero-order valence-electron chi connectivity index (χ0n) is 21.8. The number of imidazole rings is 2. The zero-order valence-corrected chi connectivity index (χ0v) is 23.6. The minimum absolute atomic E-state index is 0.273. The van der Waals surface area contributed by atoms with Crippen molar-refractivity contribution in [1.29, 1.82) is 0 Å². The summed E-state index contributed by atoms with van der Waals surface area (Å²) in [6, 6.07) is 5.01. The van der Waals surface area contributed by atoms with E-state index in [0.717, 1.165) is 0 Å². The number of rotatable bonds is 10. The molecule has 0 saturated carbocycles. The second-order valence-corrected chi connectivity index (χ2v) is 12.7. The van der Waals surface area contributed by atoms with Crippen molar-refractivity contribution in [2.24, 2.45) is 0 Å². The molecule has 4 aromatic rings. The van der Waals surface area contributed by atoms with Crippen LogP contribution >= 0.6 is 15.6 Å². The van der Waals surface area contributed by atoms with Gasteiger partial charge >= 0.3 is 7.82 Å². The third kappa shape index (κ3) is 6.01. The molecule has 21 heteroatoms. The first kappa shape index (κ1) is 30.3. The maximum atomic E-state index is 12.4. The summed E-state index contributed by atoms with van der Waals surface area (Å²) in [6.45, 7) is -1.74. The third-order valence-corrected chi connectivity index (χ3v) is 9.50. The molecule has 10 atom stereocenters. The molecule has 2 unspecified atom stereocenters. The van der Waals surface area contributed by atoms with Crippen molar-refractivity contribution in [3.05, 3.63) is 55.6 Å². The second kappa shape index (κ2) is 11.6. The molecule has 5 N–H and O–H groups in total. The molecule has 2 aliphatic heterocycles. The highest BCUT2D eigenvalue weighted by Gasteiger charge is 2.49. The predicted octanol–water partition coefficient (Wildman–Crippen LogP) is -2.08. The van der Waals surface area contributed by atoms with Crippen molar-refractivity contribution >= 4 is 32.5 Å². The van der Waals surface area contributed by atoms with Gasteiger partial charge in [-0.1, -0.05) is 6.07 Å². The molecule has 0 aliphatic carbocycles. The third-order valence-electron chi connectivity index (χ3n) is 6.94. The molecule has 232 valence electrons. The van der Waals surface area contributed by atoms with Crippen LogP contribution in [0.2, 0.25) is 0 Å². The van der Waals surface area contributed by atoms with Gasteiger partial charge in [0.25, 0.3) is 14.1 Å². The maximum Gasteiger partial charge on any atom is 0.478 e. The lowest BCUT2D eigenvalue weighted by Gasteiger charge is -2.26. The number of fused-ring (bicyclic) bond motifs is 3.